The van der Waals surface area contributed by atoms with Crippen LogP contribution in [0.25, 0.3) is 0 Å². The van der Waals surface area contributed by atoms with Gasteiger partial charge in [-0.1, -0.05) is 31.4 Å². The minimum absolute atomic E-state index is 0.0393. The van der Waals surface area contributed by atoms with Crippen LogP contribution in [-0.2, 0) is 26.2 Å². The number of carboxylic acid groups (broad SMARTS) is 1. The van der Waals surface area contributed by atoms with E-state index in [4.69, 9.17) is 18.0 Å². The summed E-state index contributed by atoms with van der Waals surface area (Å²) in [5, 5.41) is 25.3. The number of anilines is 1. The molecule has 3 heterocycles. The van der Waals surface area contributed by atoms with Crippen molar-refractivity contribution in [2.24, 2.45) is 17.6 Å². The lowest BCUT2D eigenvalue weighted by Crippen LogP contribution is -2.56. The standard InChI is InChI=1S/C31H41FN6O7S2/c32-24-21-16-38(30(42)43)25(20(21)13-22(26(24)39)34-29(33)46)17-12-23-27(40)35-31(28(41)36-47(44,45)19-9-10-19)14-18(31)8-6-4-2-1-3-5-7-11-37(23)15-17/h6,8,13,17-19,23,25,39H,1-5,7,9-12,14-16H2,(H,35,40)(H,36,41)(H,42,43)(H3,33,34,46)/t17-,18-,23+,25?,31-/m1/s1. The van der Waals surface area contributed by atoms with Crippen LogP contribution in [0.4, 0.5) is 14.9 Å². The first-order valence-corrected chi connectivity index (χ1v) is 18.2. The predicted molar refractivity (Wildman–Crippen MR) is 174 cm³/mol. The van der Waals surface area contributed by atoms with E-state index < -0.39 is 68.3 Å². The van der Waals surface area contributed by atoms with Crippen molar-refractivity contribution in [3.8, 4) is 5.75 Å². The lowest BCUT2D eigenvalue weighted by Gasteiger charge is -2.28. The Morgan fingerprint density at radius 3 is 2.60 bits per heavy atom. The van der Waals surface area contributed by atoms with Gasteiger partial charge in [0.1, 0.15) is 5.54 Å². The number of fused-ring (bicyclic) bond motifs is 3. The van der Waals surface area contributed by atoms with E-state index >= 15 is 4.39 Å². The topological polar surface area (TPSA) is 194 Å². The van der Waals surface area contributed by atoms with Gasteiger partial charge < -0.3 is 26.6 Å². The van der Waals surface area contributed by atoms with E-state index in [1.54, 1.807) is 0 Å². The molecule has 0 spiro atoms. The maximum absolute atomic E-state index is 15.4. The number of phenolic OH excluding ortho intramolecular Hbond substituents is 1. The van der Waals surface area contributed by atoms with Crippen molar-refractivity contribution in [1.29, 1.82) is 0 Å². The third-order valence-electron chi connectivity index (χ3n) is 10.2. The summed E-state index contributed by atoms with van der Waals surface area (Å²) in [5.74, 6) is -3.68. The highest BCUT2D eigenvalue weighted by molar-refractivity contribution is 7.91. The highest BCUT2D eigenvalue weighted by Gasteiger charge is 2.62. The van der Waals surface area contributed by atoms with Crippen LogP contribution in [0.3, 0.4) is 0 Å². The Balaban J connectivity index is 1.30. The number of sulfonamides is 1. The molecule has 256 valence electrons. The number of hydrogen-bond acceptors (Lipinski definition) is 8. The highest BCUT2D eigenvalue weighted by atomic mass is 32.2. The summed E-state index contributed by atoms with van der Waals surface area (Å²) < 4.78 is 43.0. The number of nitrogens with zero attached hydrogens (tertiary/aromatic N) is 2. The molecule has 0 aromatic heterocycles. The zero-order chi connectivity index (χ0) is 33.7. The first-order valence-electron chi connectivity index (χ1n) is 16.2. The zero-order valence-electron chi connectivity index (χ0n) is 25.9. The zero-order valence-corrected chi connectivity index (χ0v) is 27.5. The summed E-state index contributed by atoms with van der Waals surface area (Å²) in [5.41, 5.74) is 4.48. The van der Waals surface area contributed by atoms with Crippen molar-refractivity contribution >= 4 is 50.9 Å². The summed E-state index contributed by atoms with van der Waals surface area (Å²) in [4.78, 5) is 43.2. The summed E-state index contributed by atoms with van der Waals surface area (Å²) in [6.07, 6.45) is 9.64. The third-order valence-corrected chi connectivity index (χ3v) is 12.1. The van der Waals surface area contributed by atoms with Gasteiger partial charge in [-0.3, -0.25) is 24.1 Å². The second-order valence-corrected chi connectivity index (χ2v) is 15.8. The normalized spacial score (nSPS) is 29.8. The number of thiocarbonyl (C=S) groups is 1. The first kappa shape index (κ1) is 33.4. The Labute approximate surface area is 278 Å². The van der Waals surface area contributed by atoms with E-state index in [9.17, 15) is 33.0 Å². The molecule has 0 bridgehead atoms. The van der Waals surface area contributed by atoms with Gasteiger partial charge in [-0.15, -0.1) is 0 Å². The van der Waals surface area contributed by atoms with E-state index in [1.807, 2.05) is 17.1 Å². The van der Waals surface area contributed by atoms with Crippen LogP contribution in [0.15, 0.2) is 18.2 Å². The molecule has 7 N–H and O–H groups in total. The number of nitrogens with two attached hydrogens (primary N) is 1. The number of carbonyl (C=O) groups is 3. The lowest BCUT2D eigenvalue weighted by molar-refractivity contribution is -0.131. The largest absolute Gasteiger partial charge is 0.503 e. The Morgan fingerprint density at radius 1 is 1.17 bits per heavy atom. The van der Waals surface area contributed by atoms with Crippen molar-refractivity contribution in [2.75, 3.05) is 18.4 Å². The van der Waals surface area contributed by atoms with Gasteiger partial charge in [0.15, 0.2) is 16.7 Å². The molecule has 2 aliphatic carbocycles. The van der Waals surface area contributed by atoms with E-state index in [-0.39, 0.29) is 41.7 Å². The number of aromatic hydroxyl groups is 1. The molecular weight excluding hydrogens is 652 g/mol. The summed E-state index contributed by atoms with van der Waals surface area (Å²) in [6, 6.07) is -0.124. The van der Waals surface area contributed by atoms with Gasteiger partial charge in [0, 0.05) is 18.0 Å². The average molecular weight is 693 g/mol. The fourth-order valence-electron chi connectivity index (χ4n) is 7.51. The first-order chi connectivity index (χ1) is 22.3. The molecule has 47 heavy (non-hydrogen) atoms. The lowest BCUT2D eigenvalue weighted by atomic mass is 9.89. The minimum Gasteiger partial charge on any atom is -0.503 e. The number of halogens is 1. The number of carbonyl (C=O) groups excluding carboxylic acids is 2. The van der Waals surface area contributed by atoms with Crippen molar-refractivity contribution in [1.82, 2.24) is 19.8 Å². The van der Waals surface area contributed by atoms with Crippen LogP contribution in [0, 0.1) is 17.7 Å². The average Bonchev–Trinajstić information content (AvgIpc) is 3.89. The smallest absolute Gasteiger partial charge is 0.408 e. The van der Waals surface area contributed by atoms with Crippen LogP contribution in [0.5, 0.6) is 5.75 Å². The summed E-state index contributed by atoms with van der Waals surface area (Å²) in [7, 11) is -3.84. The Morgan fingerprint density at radius 2 is 1.89 bits per heavy atom. The second-order valence-electron chi connectivity index (χ2n) is 13.4. The molecule has 3 fully saturated rings. The van der Waals surface area contributed by atoms with Crippen molar-refractivity contribution < 1.29 is 37.4 Å². The molecular formula is C31H41FN6O7S2. The van der Waals surface area contributed by atoms with Gasteiger partial charge in [-0.05, 0) is 81.3 Å². The molecule has 2 saturated carbocycles. The molecule has 1 unspecified atom stereocenters. The van der Waals surface area contributed by atoms with E-state index in [0.717, 1.165) is 43.4 Å². The van der Waals surface area contributed by atoms with Crippen LogP contribution < -0.4 is 21.1 Å². The number of allylic oxidation sites excluding steroid dienone is 1. The summed E-state index contributed by atoms with van der Waals surface area (Å²) in [6.45, 7) is 0.587. The fraction of sp³-hybridized carbons (Fsp3) is 0.613. The molecule has 16 heteroatoms. The van der Waals surface area contributed by atoms with Gasteiger partial charge in [0.05, 0.1) is 29.6 Å². The van der Waals surface area contributed by atoms with Gasteiger partial charge in [0.2, 0.25) is 15.9 Å². The molecule has 1 saturated heterocycles. The highest BCUT2D eigenvalue weighted by Crippen LogP contribution is 2.49. The number of phenols is 1. The van der Waals surface area contributed by atoms with Crippen LogP contribution in [0.1, 0.15) is 81.4 Å². The van der Waals surface area contributed by atoms with E-state index in [1.165, 1.54) is 6.07 Å². The molecule has 13 nitrogen and oxygen atoms in total. The third kappa shape index (κ3) is 6.64. The maximum atomic E-state index is 15.4. The van der Waals surface area contributed by atoms with E-state index in [2.05, 4.69) is 15.4 Å². The molecule has 0 radical (unpaired) electrons. The summed E-state index contributed by atoms with van der Waals surface area (Å²) >= 11 is 4.88. The molecule has 3 amide bonds. The van der Waals surface area contributed by atoms with Crippen molar-refractivity contribution in [3.05, 3.63) is 35.2 Å². The molecule has 3 aliphatic heterocycles. The molecule has 1 aromatic carbocycles. The van der Waals surface area contributed by atoms with Crippen LogP contribution >= 0.6 is 12.2 Å². The number of hydrogen-bond donors (Lipinski definition) is 6. The second kappa shape index (κ2) is 12.8. The number of benzene rings is 1. The van der Waals surface area contributed by atoms with Crippen molar-refractivity contribution in [2.45, 2.75) is 93.6 Å². The van der Waals surface area contributed by atoms with Gasteiger partial charge in [-0.25, -0.2) is 17.6 Å². The minimum atomic E-state index is -3.84. The Hall–Kier alpha value is -3.50. The van der Waals surface area contributed by atoms with Gasteiger partial charge in [0.25, 0.3) is 5.91 Å². The van der Waals surface area contributed by atoms with Gasteiger partial charge >= 0.3 is 6.09 Å². The maximum Gasteiger partial charge on any atom is 0.408 e. The van der Waals surface area contributed by atoms with E-state index in [0.29, 0.717) is 31.5 Å². The van der Waals surface area contributed by atoms with Gasteiger partial charge in [-0.2, -0.15) is 0 Å². The monoisotopic (exact) mass is 692 g/mol. The van der Waals surface area contributed by atoms with Crippen molar-refractivity contribution in [3.63, 3.8) is 0 Å². The molecule has 1 aromatic rings. The number of amides is 3. The molecule has 5 atom stereocenters. The predicted octanol–water partition coefficient (Wildman–Crippen LogP) is 2.81. The van der Waals surface area contributed by atoms with Crippen LogP contribution in [-0.4, -0.2) is 81.4 Å². The Kier molecular flexibility index (Phi) is 9.13. The molecule has 5 aliphatic rings. The number of rotatable bonds is 5. The van der Waals surface area contributed by atoms with Crippen LogP contribution in [0.2, 0.25) is 0 Å². The fourth-order valence-corrected chi connectivity index (χ4v) is 8.98. The number of nitrogens with one attached hydrogen (secondary N) is 3. The Bertz CT molecular complexity index is 1620. The quantitative estimate of drug-likeness (QED) is 0.151. The molecule has 6 rings (SSSR count). The SMILES string of the molecule is NC(=S)Nc1cc2c(c(F)c1O)CN(C(=O)O)C2[C@@H]1C[C@H]2C(=O)N[C@]3(C(=O)NS(=O)(=O)C4CC4)C[C@H]3C=CCCCCCCCN2C1.